The quantitative estimate of drug-likeness (QED) is 0.602. The maximum atomic E-state index is 11.8. The zero-order valence-corrected chi connectivity index (χ0v) is 16.1. The molecular weight excluding hydrogens is 336 g/mol. The Bertz CT molecular complexity index is 588. The molecule has 0 spiro atoms. The Balaban J connectivity index is 1.85. The fourth-order valence-corrected chi connectivity index (χ4v) is 3.29. The lowest BCUT2D eigenvalue weighted by molar-refractivity contribution is -0.129. The number of rotatable bonds is 6. The van der Waals surface area contributed by atoms with Gasteiger partial charge in [-0.25, -0.2) is 0 Å². The molecule has 2 N–H and O–H groups in total. The van der Waals surface area contributed by atoms with Gasteiger partial charge in [-0.3, -0.25) is 9.79 Å². The third kappa shape index (κ3) is 5.63. The maximum Gasteiger partial charge on any atom is 0.222 e. The average molecular weight is 365 g/mol. The predicted octanol–water partition coefficient (Wildman–Crippen LogP) is 3.01. The number of likely N-dealkylation sites (tertiary alicyclic amines) is 1. The first-order valence-corrected chi connectivity index (χ1v) is 9.45. The molecular formula is C19H29ClN4O. The van der Waals surface area contributed by atoms with Crippen LogP contribution in [0.15, 0.2) is 29.3 Å². The Morgan fingerprint density at radius 3 is 2.68 bits per heavy atom. The molecule has 138 valence electrons. The van der Waals surface area contributed by atoms with Crippen molar-refractivity contribution in [1.29, 1.82) is 0 Å². The van der Waals surface area contributed by atoms with Gasteiger partial charge in [0, 0.05) is 50.1 Å². The van der Waals surface area contributed by atoms with Crippen molar-refractivity contribution in [2.75, 3.05) is 26.7 Å². The molecule has 0 saturated carbocycles. The standard InChI is InChI=1S/C19H29ClN4O/c1-4-14(15-6-8-16(20)9-7-15)12-22-19(21-3)23-17-10-11-24(13-17)18(25)5-2/h6-9,14,17H,4-5,10-13H2,1-3H3,(H2,21,22,23). The van der Waals surface area contributed by atoms with Crippen LogP contribution in [0.2, 0.25) is 5.02 Å². The van der Waals surface area contributed by atoms with Gasteiger partial charge in [0.25, 0.3) is 0 Å². The summed E-state index contributed by atoms with van der Waals surface area (Å²) in [5, 5.41) is 7.62. The summed E-state index contributed by atoms with van der Waals surface area (Å²) in [5.41, 5.74) is 1.27. The van der Waals surface area contributed by atoms with Crippen molar-refractivity contribution in [3.05, 3.63) is 34.9 Å². The first kappa shape index (κ1) is 19.6. The Morgan fingerprint density at radius 1 is 1.36 bits per heavy atom. The summed E-state index contributed by atoms with van der Waals surface area (Å²) in [4.78, 5) is 18.0. The van der Waals surface area contributed by atoms with Crippen molar-refractivity contribution in [2.45, 2.75) is 45.1 Å². The molecule has 2 rings (SSSR count). The maximum absolute atomic E-state index is 11.8. The number of halogens is 1. The van der Waals surface area contributed by atoms with Gasteiger partial charge in [0.05, 0.1) is 0 Å². The Hall–Kier alpha value is -1.75. The number of nitrogens with one attached hydrogen (secondary N) is 2. The van der Waals surface area contributed by atoms with E-state index in [4.69, 9.17) is 11.6 Å². The number of carbonyl (C=O) groups excluding carboxylic acids is 1. The van der Waals surface area contributed by atoms with E-state index < -0.39 is 0 Å². The normalized spacial score (nSPS) is 19.0. The second-order valence-corrected chi connectivity index (χ2v) is 6.87. The molecule has 1 amide bonds. The molecule has 2 unspecified atom stereocenters. The molecule has 2 atom stereocenters. The number of carbonyl (C=O) groups is 1. The van der Waals surface area contributed by atoms with Crippen LogP contribution in [-0.2, 0) is 4.79 Å². The van der Waals surface area contributed by atoms with E-state index in [0.29, 0.717) is 12.3 Å². The summed E-state index contributed by atoms with van der Waals surface area (Å²) in [6.07, 6.45) is 2.56. The van der Waals surface area contributed by atoms with Crippen LogP contribution in [0.1, 0.15) is 44.6 Å². The van der Waals surface area contributed by atoms with Crippen molar-refractivity contribution < 1.29 is 4.79 Å². The van der Waals surface area contributed by atoms with E-state index >= 15 is 0 Å². The zero-order valence-electron chi connectivity index (χ0n) is 15.4. The molecule has 0 aliphatic carbocycles. The van der Waals surface area contributed by atoms with Crippen molar-refractivity contribution in [3.63, 3.8) is 0 Å². The van der Waals surface area contributed by atoms with Gasteiger partial charge in [0.1, 0.15) is 0 Å². The molecule has 6 heteroatoms. The van der Waals surface area contributed by atoms with Crippen molar-refractivity contribution in [3.8, 4) is 0 Å². The third-order valence-electron chi connectivity index (χ3n) is 4.76. The highest BCUT2D eigenvalue weighted by Gasteiger charge is 2.25. The van der Waals surface area contributed by atoms with Crippen LogP contribution in [0.3, 0.4) is 0 Å². The zero-order chi connectivity index (χ0) is 18.2. The predicted molar refractivity (Wildman–Crippen MR) is 104 cm³/mol. The van der Waals surface area contributed by atoms with E-state index in [0.717, 1.165) is 43.5 Å². The molecule has 1 fully saturated rings. The minimum atomic E-state index is 0.223. The molecule has 1 heterocycles. The highest BCUT2D eigenvalue weighted by molar-refractivity contribution is 6.30. The fraction of sp³-hybridized carbons (Fsp3) is 0.579. The lowest BCUT2D eigenvalue weighted by Gasteiger charge is -2.21. The highest BCUT2D eigenvalue weighted by atomic mass is 35.5. The second-order valence-electron chi connectivity index (χ2n) is 6.43. The van der Waals surface area contributed by atoms with E-state index in [9.17, 15) is 4.79 Å². The van der Waals surface area contributed by atoms with Gasteiger partial charge in [0.2, 0.25) is 5.91 Å². The number of guanidine groups is 1. The van der Waals surface area contributed by atoms with E-state index in [1.54, 1.807) is 7.05 Å². The van der Waals surface area contributed by atoms with Crippen LogP contribution in [0, 0.1) is 0 Å². The number of amides is 1. The number of hydrogen-bond acceptors (Lipinski definition) is 2. The van der Waals surface area contributed by atoms with Gasteiger partial charge >= 0.3 is 0 Å². The fourth-order valence-electron chi connectivity index (χ4n) is 3.17. The third-order valence-corrected chi connectivity index (χ3v) is 5.01. The van der Waals surface area contributed by atoms with Crippen LogP contribution in [0.5, 0.6) is 0 Å². The molecule has 5 nitrogen and oxygen atoms in total. The molecule has 0 aromatic heterocycles. The largest absolute Gasteiger partial charge is 0.356 e. The van der Waals surface area contributed by atoms with Gasteiger partial charge in [-0.2, -0.15) is 0 Å². The summed E-state index contributed by atoms with van der Waals surface area (Å²) in [7, 11) is 1.78. The second kappa shape index (κ2) is 9.66. The first-order chi connectivity index (χ1) is 12.1. The Morgan fingerprint density at radius 2 is 2.08 bits per heavy atom. The number of hydrogen-bond donors (Lipinski definition) is 2. The number of aliphatic imine (C=N–C) groups is 1. The molecule has 1 aliphatic rings. The topological polar surface area (TPSA) is 56.7 Å². The Labute approximate surface area is 155 Å². The van der Waals surface area contributed by atoms with Crippen LogP contribution < -0.4 is 10.6 Å². The van der Waals surface area contributed by atoms with Gasteiger partial charge in [-0.1, -0.05) is 37.6 Å². The van der Waals surface area contributed by atoms with E-state index in [2.05, 4.69) is 34.7 Å². The van der Waals surface area contributed by atoms with Crippen LogP contribution in [0.25, 0.3) is 0 Å². The van der Waals surface area contributed by atoms with Crippen molar-refractivity contribution >= 4 is 23.5 Å². The summed E-state index contributed by atoms with van der Waals surface area (Å²) in [6.45, 7) is 6.47. The minimum absolute atomic E-state index is 0.223. The molecule has 1 saturated heterocycles. The van der Waals surface area contributed by atoms with Crippen molar-refractivity contribution in [2.24, 2.45) is 4.99 Å². The smallest absolute Gasteiger partial charge is 0.222 e. The average Bonchev–Trinajstić information content (AvgIpc) is 3.10. The van der Waals surface area contributed by atoms with Crippen LogP contribution >= 0.6 is 11.6 Å². The van der Waals surface area contributed by atoms with E-state index in [1.165, 1.54) is 5.56 Å². The molecule has 0 bridgehead atoms. The lowest BCUT2D eigenvalue weighted by atomic mass is 9.96. The van der Waals surface area contributed by atoms with Gasteiger partial charge < -0.3 is 15.5 Å². The monoisotopic (exact) mass is 364 g/mol. The number of nitrogens with zero attached hydrogens (tertiary/aromatic N) is 2. The van der Waals surface area contributed by atoms with Crippen molar-refractivity contribution in [1.82, 2.24) is 15.5 Å². The summed E-state index contributed by atoms with van der Waals surface area (Å²) < 4.78 is 0. The SMILES string of the molecule is CCC(=O)N1CCC(NC(=NC)NCC(CC)c2ccc(Cl)cc2)C1. The Kier molecular flexibility index (Phi) is 7.56. The van der Waals surface area contributed by atoms with Gasteiger partial charge in [0.15, 0.2) is 5.96 Å². The van der Waals surface area contributed by atoms with Gasteiger partial charge in [-0.15, -0.1) is 0 Å². The van der Waals surface area contributed by atoms with E-state index in [1.807, 2.05) is 24.0 Å². The summed E-state index contributed by atoms with van der Waals surface area (Å²) in [6, 6.07) is 8.30. The van der Waals surface area contributed by atoms with Gasteiger partial charge in [-0.05, 0) is 30.5 Å². The molecule has 1 aromatic carbocycles. The lowest BCUT2D eigenvalue weighted by Crippen LogP contribution is -2.46. The van der Waals surface area contributed by atoms with Crippen LogP contribution in [0.4, 0.5) is 0 Å². The summed E-state index contributed by atoms with van der Waals surface area (Å²) >= 11 is 5.98. The molecule has 25 heavy (non-hydrogen) atoms. The molecule has 0 radical (unpaired) electrons. The van der Waals surface area contributed by atoms with Crippen LogP contribution in [-0.4, -0.2) is 49.5 Å². The first-order valence-electron chi connectivity index (χ1n) is 9.07. The molecule has 1 aliphatic heterocycles. The van der Waals surface area contributed by atoms with E-state index in [-0.39, 0.29) is 11.9 Å². The summed E-state index contributed by atoms with van der Waals surface area (Å²) in [5.74, 6) is 1.42. The minimum Gasteiger partial charge on any atom is -0.356 e. The molecule has 1 aromatic rings. The number of benzene rings is 1. The highest BCUT2D eigenvalue weighted by Crippen LogP contribution is 2.20.